The van der Waals surface area contributed by atoms with Crippen molar-refractivity contribution in [2.75, 3.05) is 6.54 Å². The molecule has 1 saturated carbocycles. The number of hydrogen-bond acceptors (Lipinski definition) is 2. The molecule has 0 aliphatic heterocycles. The lowest BCUT2D eigenvalue weighted by molar-refractivity contribution is 0.340. The molecule has 2 rings (SSSR count). The highest BCUT2D eigenvalue weighted by Gasteiger charge is 2.17. The van der Waals surface area contributed by atoms with Crippen molar-refractivity contribution in [1.29, 1.82) is 0 Å². The second kappa shape index (κ2) is 6.02. The third-order valence-corrected chi connectivity index (χ3v) is 3.48. The zero-order valence-corrected chi connectivity index (χ0v) is 9.86. The highest BCUT2D eigenvalue weighted by atomic mass is 15.0. The molecule has 0 aromatic heterocycles. The lowest BCUT2D eigenvalue weighted by atomic mass is 9.94. The monoisotopic (exact) mass is 218 g/mol. The minimum atomic E-state index is 0.323. The third-order valence-electron chi connectivity index (χ3n) is 3.48. The van der Waals surface area contributed by atoms with Crippen molar-refractivity contribution in [3.05, 3.63) is 35.9 Å². The Hall–Kier alpha value is -0.860. The molecule has 16 heavy (non-hydrogen) atoms. The van der Waals surface area contributed by atoms with Gasteiger partial charge < -0.3 is 11.1 Å². The van der Waals surface area contributed by atoms with Crippen LogP contribution in [0.25, 0.3) is 0 Å². The van der Waals surface area contributed by atoms with Crippen molar-refractivity contribution in [3.63, 3.8) is 0 Å². The third kappa shape index (κ3) is 3.06. The van der Waals surface area contributed by atoms with Gasteiger partial charge in [0.1, 0.15) is 0 Å². The first-order valence-corrected chi connectivity index (χ1v) is 6.41. The highest BCUT2D eigenvalue weighted by molar-refractivity contribution is 5.19. The Bertz CT molecular complexity index is 291. The summed E-state index contributed by atoms with van der Waals surface area (Å²) < 4.78 is 0. The van der Waals surface area contributed by atoms with Crippen LogP contribution in [-0.4, -0.2) is 12.6 Å². The van der Waals surface area contributed by atoms with E-state index in [4.69, 9.17) is 5.73 Å². The molecular weight excluding hydrogens is 196 g/mol. The summed E-state index contributed by atoms with van der Waals surface area (Å²) in [6.07, 6.45) is 6.75. The summed E-state index contributed by atoms with van der Waals surface area (Å²) in [6.45, 7) is 0.681. The summed E-state index contributed by atoms with van der Waals surface area (Å²) in [4.78, 5) is 0. The van der Waals surface area contributed by atoms with Gasteiger partial charge in [0, 0.05) is 18.6 Å². The zero-order chi connectivity index (χ0) is 11.2. The van der Waals surface area contributed by atoms with E-state index in [9.17, 15) is 0 Å². The lowest BCUT2D eigenvalue weighted by Crippen LogP contribution is -2.37. The summed E-state index contributed by atoms with van der Waals surface area (Å²) in [5.74, 6) is 0. The predicted octanol–water partition coefficient (Wildman–Crippen LogP) is 2.61. The van der Waals surface area contributed by atoms with Crippen LogP contribution < -0.4 is 11.1 Å². The van der Waals surface area contributed by atoms with Gasteiger partial charge in [-0.3, -0.25) is 0 Å². The molecule has 1 aliphatic carbocycles. The Kier molecular flexibility index (Phi) is 4.37. The minimum Gasteiger partial charge on any atom is -0.329 e. The molecule has 0 bridgehead atoms. The van der Waals surface area contributed by atoms with Gasteiger partial charge in [-0.25, -0.2) is 0 Å². The largest absolute Gasteiger partial charge is 0.329 e. The molecule has 88 valence electrons. The first-order valence-electron chi connectivity index (χ1n) is 6.41. The van der Waals surface area contributed by atoms with Crippen LogP contribution in [0.3, 0.4) is 0 Å². The number of nitrogens with two attached hydrogens (primary N) is 1. The molecule has 0 radical (unpaired) electrons. The van der Waals surface area contributed by atoms with E-state index < -0.39 is 0 Å². The van der Waals surface area contributed by atoms with E-state index in [0.717, 1.165) is 0 Å². The molecule has 0 amide bonds. The van der Waals surface area contributed by atoms with E-state index in [2.05, 4.69) is 35.6 Å². The van der Waals surface area contributed by atoms with Crippen LogP contribution in [0.4, 0.5) is 0 Å². The maximum absolute atomic E-state index is 5.86. The SMILES string of the molecule is NCC(NC1CCCCC1)c1ccccc1. The average Bonchev–Trinajstić information content (AvgIpc) is 2.38. The van der Waals surface area contributed by atoms with Crippen LogP contribution in [0, 0.1) is 0 Å². The smallest absolute Gasteiger partial charge is 0.0446 e. The highest BCUT2D eigenvalue weighted by Crippen LogP contribution is 2.21. The number of nitrogens with one attached hydrogen (secondary N) is 1. The van der Waals surface area contributed by atoms with Crippen LogP contribution in [0.5, 0.6) is 0 Å². The Morgan fingerprint density at radius 2 is 1.81 bits per heavy atom. The van der Waals surface area contributed by atoms with Crippen molar-refractivity contribution < 1.29 is 0 Å². The molecule has 0 saturated heterocycles. The molecule has 1 aliphatic rings. The van der Waals surface area contributed by atoms with Gasteiger partial charge in [-0.2, -0.15) is 0 Å². The Morgan fingerprint density at radius 3 is 2.44 bits per heavy atom. The minimum absolute atomic E-state index is 0.323. The Labute approximate surface area is 98.2 Å². The van der Waals surface area contributed by atoms with E-state index in [1.165, 1.54) is 37.7 Å². The van der Waals surface area contributed by atoms with Gasteiger partial charge in [0.15, 0.2) is 0 Å². The standard InChI is InChI=1S/C14H22N2/c15-11-14(12-7-3-1-4-8-12)16-13-9-5-2-6-10-13/h1,3-4,7-8,13-14,16H,2,5-6,9-11,15H2. The van der Waals surface area contributed by atoms with Gasteiger partial charge in [0.2, 0.25) is 0 Å². The predicted molar refractivity (Wildman–Crippen MR) is 68.2 cm³/mol. The summed E-state index contributed by atoms with van der Waals surface area (Å²) >= 11 is 0. The van der Waals surface area contributed by atoms with Gasteiger partial charge >= 0.3 is 0 Å². The van der Waals surface area contributed by atoms with E-state index in [-0.39, 0.29) is 0 Å². The summed E-state index contributed by atoms with van der Waals surface area (Å²) in [6, 6.07) is 11.5. The molecule has 0 heterocycles. The Morgan fingerprint density at radius 1 is 1.12 bits per heavy atom. The van der Waals surface area contributed by atoms with Crippen LogP contribution in [-0.2, 0) is 0 Å². The van der Waals surface area contributed by atoms with Gasteiger partial charge in [-0.05, 0) is 18.4 Å². The summed E-state index contributed by atoms with van der Waals surface area (Å²) in [5, 5.41) is 3.70. The maximum atomic E-state index is 5.86. The van der Waals surface area contributed by atoms with E-state index >= 15 is 0 Å². The normalized spacial score (nSPS) is 19.6. The molecule has 3 N–H and O–H groups in total. The first-order chi connectivity index (χ1) is 7.90. The molecule has 1 unspecified atom stereocenters. The van der Waals surface area contributed by atoms with Crippen molar-refractivity contribution >= 4 is 0 Å². The topological polar surface area (TPSA) is 38.0 Å². The fourth-order valence-electron chi connectivity index (χ4n) is 2.54. The number of rotatable bonds is 4. The molecular formula is C14H22N2. The summed E-state index contributed by atoms with van der Waals surface area (Å²) in [5.41, 5.74) is 7.17. The molecule has 2 heteroatoms. The van der Waals surface area contributed by atoms with Crippen molar-refractivity contribution in [2.45, 2.75) is 44.2 Å². The molecule has 1 fully saturated rings. The molecule has 1 aromatic carbocycles. The van der Waals surface area contributed by atoms with Crippen molar-refractivity contribution in [2.24, 2.45) is 5.73 Å². The summed E-state index contributed by atoms with van der Waals surface area (Å²) in [7, 11) is 0. The first kappa shape index (κ1) is 11.6. The van der Waals surface area contributed by atoms with E-state index in [0.29, 0.717) is 18.6 Å². The molecule has 1 atom stereocenters. The van der Waals surface area contributed by atoms with Crippen molar-refractivity contribution in [3.8, 4) is 0 Å². The fourth-order valence-corrected chi connectivity index (χ4v) is 2.54. The average molecular weight is 218 g/mol. The van der Waals surface area contributed by atoms with Crippen LogP contribution in [0.15, 0.2) is 30.3 Å². The second-order valence-electron chi connectivity index (χ2n) is 4.70. The van der Waals surface area contributed by atoms with Gasteiger partial charge in [0.25, 0.3) is 0 Å². The van der Waals surface area contributed by atoms with Gasteiger partial charge in [-0.1, -0.05) is 49.6 Å². The van der Waals surface area contributed by atoms with Crippen LogP contribution in [0.2, 0.25) is 0 Å². The second-order valence-corrected chi connectivity index (χ2v) is 4.70. The van der Waals surface area contributed by atoms with E-state index in [1.54, 1.807) is 0 Å². The molecule has 1 aromatic rings. The number of benzene rings is 1. The van der Waals surface area contributed by atoms with Crippen LogP contribution in [0.1, 0.15) is 43.7 Å². The van der Waals surface area contributed by atoms with Gasteiger partial charge in [0.05, 0.1) is 0 Å². The molecule has 2 nitrogen and oxygen atoms in total. The van der Waals surface area contributed by atoms with Crippen LogP contribution >= 0.6 is 0 Å². The number of hydrogen-bond donors (Lipinski definition) is 2. The van der Waals surface area contributed by atoms with E-state index in [1.807, 2.05) is 0 Å². The quantitative estimate of drug-likeness (QED) is 0.815. The van der Waals surface area contributed by atoms with Crippen molar-refractivity contribution in [1.82, 2.24) is 5.32 Å². The van der Waals surface area contributed by atoms with Gasteiger partial charge in [-0.15, -0.1) is 0 Å². The zero-order valence-electron chi connectivity index (χ0n) is 9.86. The molecule has 0 spiro atoms. The fraction of sp³-hybridized carbons (Fsp3) is 0.571. The lowest BCUT2D eigenvalue weighted by Gasteiger charge is -2.28. The maximum Gasteiger partial charge on any atom is 0.0446 e. The Balaban J connectivity index is 1.94.